The zero-order valence-electron chi connectivity index (χ0n) is 11.5. The van der Waals surface area contributed by atoms with Gasteiger partial charge < -0.3 is 4.57 Å². The number of para-hydroxylation sites is 1. The van der Waals surface area contributed by atoms with Gasteiger partial charge in [0.25, 0.3) is 0 Å². The summed E-state index contributed by atoms with van der Waals surface area (Å²) in [6.45, 7) is 4.32. The van der Waals surface area contributed by atoms with Crippen LogP contribution in [-0.2, 0) is 7.05 Å². The first-order valence-electron chi connectivity index (χ1n) is 6.29. The first-order chi connectivity index (χ1) is 8.66. The normalized spacial score (nSPS) is 10.5. The molecule has 1 aromatic heterocycles. The van der Waals surface area contributed by atoms with Crippen molar-refractivity contribution in [1.82, 2.24) is 4.57 Å². The standard InChI is InChI=1S/C17H17N.ClH/c1-12-8-9-13(2)15(10-12)17-11-14-6-4-5-7-16(14)18(17)3;/h4-11H,1-3H3;1H. The van der Waals surface area contributed by atoms with Crippen LogP contribution >= 0.6 is 12.4 Å². The third kappa shape index (κ3) is 2.26. The second-order valence-corrected chi connectivity index (χ2v) is 4.97. The van der Waals surface area contributed by atoms with Crippen molar-refractivity contribution in [2.24, 2.45) is 7.05 Å². The van der Waals surface area contributed by atoms with E-state index in [-0.39, 0.29) is 12.4 Å². The average Bonchev–Trinajstić information content (AvgIpc) is 2.71. The van der Waals surface area contributed by atoms with Crippen molar-refractivity contribution in [3.63, 3.8) is 0 Å². The molecule has 0 bridgehead atoms. The summed E-state index contributed by atoms with van der Waals surface area (Å²) in [6, 6.07) is 17.4. The minimum Gasteiger partial charge on any atom is -0.344 e. The van der Waals surface area contributed by atoms with Crippen molar-refractivity contribution in [3.8, 4) is 11.3 Å². The molecular formula is C17H18ClN. The van der Waals surface area contributed by atoms with Gasteiger partial charge in [-0.05, 0) is 37.6 Å². The highest BCUT2D eigenvalue weighted by Crippen LogP contribution is 2.29. The molecule has 0 aliphatic rings. The van der Waals surface area contributed by atoms with Crippen LogP contribution in [0.2, 0.25) is 0 Å². The summed E-state index contributed by atoms with van der Waals surface area (Å²) < 4.78 is 2.27. The van der Waals surface area contributed by atoms with Crippen LogP contribution in [0.1, 0.15) is 11.1 Å². The number of hydrogen-bond acceptors (Lipinski definition) is 0. The first kappa shape index (κ1) is 13.7. The summed E-state index contributed by atoms with van der Waals surface area (Å²) in [4.78, 5) is 0. The maximum atomic E-state index is 2.27. The monoisotopic (exact) mass is 271 g/mol. The molecule has 0 atom stereocenters. The third-order valence-corrected chi connectivity index (χ3v) is 3.62. The Balaban J connectivity index is 0.00000133. The molecule has 98 valence electrons. The molecule has 3 aromatic rings. The molecule has 0 aliphatic carbocycles. The van der Waals surface area contributed by atoms with E-state index < -0.39 is 0 Å². The van der Waals surface area contributed by atoms with E-state index in [0.717, 1.165) is 0 Å². The molecule has 3 rings (SSSR count). The molecule has 0 saturated heterocycles. The molecule has 0 radical (unpaired) electrons. The highest BCUT2D eigenvalue weighted by Gasteiger charge is 2.09. The maximum Gasteiger partial charge on any atom is 0.0491 e. The number of halogens is 1. The molecule has 1 heterocycles. The largest absolute Gasteiger partial charge is 0.344 e. The number of aryl methyl sites for hydroxylation is 3. The van der Waals surface area contributed by atoms with E-state index in [9.17, 15) is 0 Å². The van der Waals surface area contributed by atoms with Gasteiger partial charge in [0.05, 0.1) is 0 Å². The lowest BCUT2D eigenvalue weighted by atomic mass is 10.0. The van der Waals surface area contributed by atoms with Gasteiger partial charge in [0, 0.05) is 29.2 Å². The summed E-state index contributed by atoms with van der Waals surface area (Å²) >= 11 is 0. The molecule has 0 aliphatic heterocycles. The fourth-order valence-electron chi connectivity index (χ4n) is 2.56. The van der Waals surface area contributed by atoms with Crippen LogP contribution in [0.5, 0.6) is 0 Å². The molecule has 2 heteroatoms. The minimum atomic E-state index is 0. The van der Waals surface area contributed by atoms with Crippen molar-refractivity contribution in [3.05, 3.63) is 59.7 Å². The Bertz CT molecular complexity index is 725. The van der Waals surface area contributed by atoms with Crippen LogP contribution in [0.15, 0.2) is 48.5 Å². The predicted octanol–water partition coefficient (Wildman–Crippen LogP) is 4.88. The van der Waals surface area contributed by atoms with Gasteiger partial charge >= 0.3 is 0 Å². The van der Waals surface area contributed by atoms with E-state index in [1.165, 1.54) is 33.3 Å². The fourth-order valence-corrected chi connectivity index (χ4v) is 2.56. The Morgan fingerprint density at radius 3 is 2.37 bits per heavy atom. The summed E-state index contributed by atoms with van der Waals surface area (Å²) in [5.41, 5.74) is 6.53. The van der Waals surface area contributed by atoms with Gasteiger partial charge in [0.1, 0.15) is 0 Å². The van der Waals surface area contributed by atoms with E-state index in [1.807, 2.05) is 0 Å². The summed E-state index contributed by atoms with van der Waals surface area (Å²) in [6.07, 6.45) is 0. The van der Waals surface area contributed by atoms with Gasteiger partial charge in [0.15, 0.2) is 0 Å². The lowest BCUT2D eigenvalue weighted by Gasteiger charge is -2.09. The zero-order chi connectivity index (χ0) is 12.7. The smallest absolute Gasteiger partial charge is 0.0491 e. The zero-order valence-corrected chi connectivity index (χ0v) is 12.3. The summed E-state index contributed by atoms with van der Waals surface area (Å²) in [5, 5.41) is 1.30. The van der Waals surface area contributed by atoms with Gasteiger partial charge in [-0.25, -0.2) is 0 Å². The highest BCUT2D eigenvalue weighted by atomic mass is 35.5. The van der Waals surface area contributed by atoms with E-state index in [1.54, 1.807) is 0 Å². The van der Waals surface area contributed by atoms with Gasteiger partial charge in [-0.3, -0.25) is 0 Å². The molecule has 0 saturated carbocycles. The van der Waals surface area contributed by atoms with Crippen molar-refractivity contribution in [1.29, 1.82) is 0 Å². The minimum absolute atomic E-state index is 0. The second kappa shape index (κ2) is 5.10. The quantitative estimate of drug-likeness (QED) is 0.594. The Morgan fingerprint density at radius 1 is 0.895 bits per heavy atom. The molecule has 0 spiro atoms. The Morgan fingerprint density at radius 2 is 1.63 bits per heavy atom. The van der Waals surface area contributed by atoms with E-state index in [4.69, 9.17) is 0 Å². The maximum absolute atomic E-state index is 2.27. The SMILES string of the molecule is Cc1ccc(C)c(-c2cc3ccccc3n2C)c1.Cl. The van der Waals surface area contributed by atoms with Gasteiger partial charge in [-0.2, -0.15) is 0 Å². The lowest BCUT2D eigenvalue weighted by molar-refractivity contribution is 0.976. The number of benzene rings is 2. The van der Waals surface area contributed by atoms with E-state index in [2.05, 4.69) is 74.0 Å². The van der Waals surface area contributed by atoms with Crippen LogP contribution in [0.3, 0.4) is 0 Å². The van der Waals surface area contributed by atoms with E-state index in [0.29, 0.717) is 0 Å². The Labute approximate surface area is 120 Å². The summed E-state index contributed by atoms with van der Waals surface area (Å²) in [7, 11) is 2.14. The van der Waals surface area contributed by atoms with E-state index >= 15 is 0 Å². The van der Waals surface area contributed by atoms with Crippen molar-refractivity contribution in [2.45, 2.75) is 13.8 Å². The third-order valence-electron chi connectivity index (χ3n) is 3.62. The first-order valence-corrected chi connectivity index (χ1v) is 6.29. The summed E-state index contributed by atoms with van der Waals surface area (Å²) in [5.74, 6) is 0. The van der Waals surface area contributed by atoms with Crippen LogP contribution < -0.4 is 0 Å². The van der Waals surface area contributed by atoms with Crippen LogP contribution in [-0.4, -0.2) is 4.57 Å². The molecule has 1 nitrogen and oxygen atoms in total. The fraction of sp³-hybridized carbons (Fsp3) is 0.176. The van der Waals surface area contributed by atoms with Gasteiger partial charge in [0.2, 0.25) is 0 Å². The topological polar surface area (TPSA) is 4.93 Å². The number of fused-ring (bicyclic) bond motifs is 1. The van der Waals surface area contributed by atoms with Crippen molar-refractivity contribution in [2.75, 3.05) is 0 Å². The van der Waals surface area contributed by atoms with Crippen molar-refractivity contribution < 1.29 is 0 Å². The number of nitrogens with zero attached hydrogens (tertiary/aromatic N) is 1. The number of rotatable bonds is 1. The molecule has 0 unspecified atom stereocenters. The molecule has 0 fully saturated rings. The highest BCUT2D eigenvalue weighted by molar-refractivity contribution is 5.87. The molecule has 0 N–H and O–H groups in total. The lowest BCUT2D eigenvalue weighted by Crippen LogP contribution is -1.93. The Kier molecular flexibility index (Phi) is 3.68. The molecular weight excluding hydrogens is 254 g/mol. The van der Waals surface area contributed by atoms with Gasteiger partial charge in [-0.15, -0.1) is 12.4 Å². The molecule has 0 amide bonds. The van der Waals surface area contributed by atoms with Crippen LogP contribution in [0.4, 0.5) is 0 Å². The average molecular weight is 272 g/mol. The predicted molar refractivity (Wildman–Crippen MR) is 85.1 cm³/mol. The number of hydrogen-bond donors (Lipinski definition) is 0. The molecule has 2 aromatic carbocycles. The van der Waals surface area contributed by atoms with Crippen LogP contribution in [0.25, 0.3) is 22.2 Å². The second-order valence-electron chi connectivity index (χ2n) is 4.97. The number of aromatic nitrogens is 1. The van der Waals surface area contributed by atoms with Crippen molar-refractivity contribution >= 4 is 23.3 Å². The van der Waals surface area contributed by atoms with Gasteiger partial charge in [-0.1, -0.05) is 35.9 Å². The molecule has 19 heavy (non-hydrogen) atoms. The van der Waals surface area contributed by atoms with Crippen LogP contribution in [0, 0.1) is 13.8 Å². The Hall–Kier alpha value is -1.73.